The molecule has 2 bridgehead atoms. The van der Waals surface area contributed by atoms with Crippen LogP contribution >= 0.6 is 0 Å². The van der Waals surface area contributed by atoms with Gasteiger partial charge in [-0.2, -0.15) is 0 Å². The highest BCUT2D eigenvalue weighted by atomic mass is 19.1. The van der Waals surface area contributed by atoms with E-state index in [-0.39, 0.29) is 17.0 Å². The predicted octanol–water partition coefficient (Wildman–Crippen LogP) is 3.86. The van der Waals surface area contributed by atoms with E-state index in [1.54, 1.807) is 43.4 Å². The van der Waals surface area contributed by atoms with Crippen molar-refractivity contribution < 1.29 is 18.3 Å². The van der Waals surface area contributed by atoms with Crippen LogP contribution < -0.4 is 19.9 Å². The molecule has 3 aromatic rings. The highest BCUT2D eigenvalue weighted by molar-refractivity contribution is 6.06. The van der Waals surface area contributed by atoms with E-state index in [1.807, 2.05) is 0 Å². The first kappa shape index (κ1) is 21.3. The molecule has 2 aliphatic rings. The van der Waals surface area contributed by atoms with Gasteiger partial charge in [0.25, 0.3) is 5.91 Å². The molecule has 2 fully saturated rings. The number of aromatic nitrogens is 1. The second-order valence-electron chi connectivity index (χ2n) is 8.37. The zero-order valence-electron chi connectivity index (χ0n) is 18.4. The fourth-order valence-corrected chi connectivity index (χ4v) is 4.76. The zero-order valence-corrected chi connectivity index (χ0v) is 18.4. The number of nitrogens with one attached hydrogen (secondary N) is 1. The maximum Gasteiger partial charge on any atom is 0.276 e. The summed E-state index contributed by atoms with van der Waals surface area (Å²) in [7, 11) is 3.05. The Morgan fingerprint density at radius 2 is 2.00 bits per heavy atom. The molecule has 5 rings (SSSR count). The summed E-state index contributed by atoms with van der Waals surface area (Å²) in [5.41, 5.74) is 1.88. The topological polar surface area (TPSA) is 57.7 Å². The number of piperazine rings is 1. The van der Waals surface area contributed by atoms with Crippen molar-refractivity contribution in [3.63, 3.8) is 0 Å². The highest BCUT2D eigenvalue weighted by Crippen LogP contribution is 2.37. The minimum Gasteiger partial charge on any atom is -0.496 e. The first-order valence-corrected chi connectivity index (χ1v) is 10.8. The van der Waals surface area contributed by atoms with Gasteiger partial charge in [-0.25, -0.2) is 13.8 Å². The van der Waals surface area contributed by atoms with Crippen molar-refractivity contribution in [2.24, 2.45) is 0 Å². The number of carbonyl (C=O) groups is 1. The Bertz CT molecular complexity index is 1220. The first-order valence-electron chi connectivity index (χ1n) is 10.8. The molecule has 2 aliphatic heterocycles. The van der Waals surface area contributed by atoms with Gasteiger partial charge >= 0.3 is 0 Å². The van der Waals surface area contributed by atoms with E-state index in [0.717, 1.165) is 25.2 Å². The average molecular weight is 450 g/mol. The Morgan fingerprint density at radius 3 is 2.73 bits per heavy atom. The number of anilines is 2. The summed E-state index contributed by atoms with van der Waals surface area (Å²) in [6.07, 6.45) is 1.03. The van der Waals surface area contributed by atoms with Crippen LogP contribution in [0, 0.1) is 11.6 Å². The Kier molecular flexibility index (Phi) is 5.46. The standard InChI is InChI=1S/C25H24F2N4O2/c1-30(22-11-15(26)9-10-21(22)31-14-16-12-17(31)13-28-16)25(32)20-7-4-6-19(29-20)24-18(27)5-3-8-23(24)33-2/h3-11,16-17,28H,12-14H2,1-2H3/t16-,17-/m1/s1. The summed E-state index contributed by atoms with van der Waals surface area (Å²) in [6, 6.07) is 14.6. The van der Waals surface area contributed by atoms with Gasteiger partial charge in [-0.05, 0) is 48.9 Å². The van der Waals surface area contributed by atoms with Gasteiger partial charge in [0.15, 0.2) is 0 Å². The maximum atomic E-state index is 14.6. The summed E-state index contributed by atoms with van der Waals surface area (Å²) in [4.78, 5) is 21.4. The Morgan fingerprint density at radius 1 is 1.18 bits per heavy atom. The summed E-state index contributed by atoms with van der Waals surface area (Å²) < 4.78 is 34.1. The average Bonchev–Trinajstić information content (AvgIpc) is 3.47. The molecular weight excluding hydrogens is 426 g/mol. The molecular formula is C25H24F2N4O2. The monoisotopic (exact) mass is 450 g/mol. The third-order valence-corrected chi connectivity index (χ3v) is 6.39. The predicted molar refractivity (Wildman–Crippen MR) is 123 cm³/mol. The summed E-state index contributed by atoms with van der Waals surface area (Å²) >= 11 is 0. The molecule has 6 nitrogen and oxygen atoms in total. The van der Waals surface area contributed by atoms with Crippen molar-refractivity contribution in [2.75, 3.05) is 37.0 Å². The van der Waals surface area contributed by atoms with E-state index in [2.05, 4.69) is 15.2 Å². The fourth-order valence-electron chi connectivity index (χ4n) is 4.76. The molecule has 1 amide bonds. The Hall–Kier alpha value is -3.52. The van der Waals surface area contributed by atoms with Crippen LogP contribution in [0.1, 0.15) is 16.9 Å². The highest BCUT2D eigenvalue weighted by Gasteiger charge is 2.39. The van der Waals surface area contributed by atoms with E-state index in [1.165, 1.54) is 30.2 Å². The Balaban J connectivity index is 1.49. The third kappa shape index (κ3) is 3.80. The molecule has 0 unspecified atom stereocenters. The molecule has 3 heterocycles. The number of nitrogens with zero attached hydrogens (tertiary/aromatic N) is 3. The molecule has 0 aliphatic carbocycles. The summed E-state index contributed by atoms with van der Waals surface area (Å²) in [6.45, 7) is 1.68. The van der Waals surface area contributed by atoms with Crippen LogP contribution in [0.15, 0.2) is 54.6 Å². The van der Waals surface area contributed by atoms with Gasteiger partial charge in [0.1, 0.15) is 23.1 Å². The lowest BCUT2D eigenvalue weighted by Gasteiger charge is -2.33. The number of methoxy groups -OCH3 is 1. The van der Waals surface area contributed by atoms with Crippen LogP contribution in [0.4, 0.5) is 20.2 Å². The number of benzene rings is 2. The molecule has 1 N–H and O–H groups in total. The fraction of sp³-hybridized carbons (Fsp3) is 0.280. The van der Waals surface area contributed by atoms with Crippen molar-refractivity contribution in [1.82, 2.24) is 10.3 Å². The maximum absolute atomic E-state index is 14.6. The number of ether oxygens (including phenoxy) is 1. The van der Waals surface area contributed by atoms with Gasteiger partial charge in [-0.1, -0.05) is 12.1 Å². The number of amides is 1. The van der Waals surface area contributed by atoms with Crippen molar-refractivity contribution >= 4 is 17.3 Å². The molecule has 1 aromatic heterocycles. The Labute approximate surface area is 190 Å². The van der Waals surface area contributed by atoms with Gasteiger partial charge < -0.3 is 19.9 Å². The molecule has 2 atom stereocenters. The molecule has 33 heavy (non-hydrogen) atoms. The molecule has 0 spiro atoms. The lowest BCUT2D eigenvalue weighted by molar-refractivity contribution is 0.0988. The smallest absolute Gasteiger partial charge is 0.276 e. The van der Waals surface area contributed by atoms with Gasteiger partial charge in [0, 0.05) is 32.2 Å². The first-order chi connectivity index (χ1) is 16.0. The molecule has 8 heteroatoms. The molecule has 0 saturated carbocycles. The number of fused-ring (bicyclic) bond motifs is 2. The van der Waals surface area contributed by atoms with Crippen molar-refractivity contribution in [1.29, 1.82) is 0 Å². The molecule has 0 radical (unpaired) electrons. The van der Waals surface area contributed by atoms with E-state index in [0.29, 0.717) is 23.5 Å². The van der Waals surface area contributed by atoms with Gasteiger partial charge in [0.2, 0.25) is 0 Å². The number of carbonyl (C=O) groups excluding carboxylic acids is 1. The minimum atomic E-state index is -0.495. The second kappa shape index (κ2) is 8.44. The minimum absolute atomic E-state index is 0.125. The zero-order chi connectivity index (χ0) is 23.1. The number of hydrogen-bond donors (Lipinski definition) is 1. The summed E-state index contributed by atoms with van der Waals surface area (Å²) in [5.74, 6) is -1.01. The van der Waals surface area contributed by atoms with Crippen molar-refractivity contribution in [2.45, 2.75) is 18.5 Å². The van der Waals surface area contributed by atoms with Gasteiger partial charge in [-0.3, -0.25) is 4.79 Å². The lowest BCUT2D eigenvalue weighted by Crippen LogP contribution is -2.44. The van der Waals surface area contributed by atoms with Crippen molar-refractivity contribution in [3.05, 3.63) is 71.9 Å². The van der Waals surface area contributed by atoms with Crippen LogP contribution in [-0.4, -0.2) is 50.2 Å². The number of rotatable bonds is 5. The molecule has 170 valence electrons. The lowest BCUT2D eigenvalue weighted by atomic mass is 10.1. The van der Waals surface area contributed by atoms with Gasteiger partial charge in [0.05, 0.1) is 29.7 Å². The van der Waals surface area contributed by atoms with Crippen LogP contribution in [0.25, 0.3) is 11.3 Å². The van der Waals surface area contributed by atoms with E-state index in [4.69, 9.17) is 4.74 Å². The SMILES string of the molecule is COc1cccc(F)c1-c1cccc(C(=O)N(C)c2cc(F)ccc2N2C[C@H]3C[C@@H]2CN3)n1. The number of hydrogen-bond acceptors (Lipinski definition) is 5. The normalized spacial score (nSPS) is 19.1. The number of pyridine rings is 1. The second-order valence-corrected chi connectivity index (χ2v) is 8.37. The van der Waals surface area contributed by atoms with E-state index >= 15 is 0 Å². The van der Waals surface area contributed by atoms with E-state index in [9.17, 15) is 13.6 Å². The van der Waals surface area contributed by atoms with E-state index < -0.39 is 17.5 Å². The largest absolute Gasteiger partial charge is 0.496 e. The van der Waals surface area contributed by atoms with Gasteiger partial charge in [-0.15, -0.1) is 0 Å². The molecule has 2 aromatic carbocycles. The van der Waals surface area contributed by atoms with Crippen LogP contribution in [0.3, 0.4) is 0 Å². The molecule has 2 saturated heterocycles. The van der Waals surface area contributed by atoms with Crippen molar-refractivity contribution in [3.8, 4) is 17.0 Å². The van der Waals surface area contributed by atoms with Crippen LogP contribution in [0.5, 0.6) is 5.75 Å². The quantitative estimate of drug-likeness (QED) is 0.640. The number of halogens is 2. The summed E-state index contributed by atoms with van der Waals surface area (Å²) in [5, 5.41) is 3.45. The van der Waals surface area contributed by atoms with Crippen LogP contribution in [0.2, 0.25) is 0 Å². The van der Waals surface area contributed by atoms with Crippen LogP contribution in [-0.2, 0) is 0 Å². The third-order valence-electron chi connectivity index (χ3n) is 6.39.